The predicted octanol–water partition coefficient (Wildman–Crippen LogP) is 2.38. The molecule has 0 heterocycles. The van der Waals surface area contributed by atoms with Crippen LogP contribution in [0, 0.1) is 0 Å². The Labute approximate surface area is 177 Å². The van der Waals surface area contributed by atoms with Crippen molar-refractivity contribution in [2.75, 3.05) is 27.0 Å². The van der Waals surface area contributed by atoms with Crippen molar-refractivity contribution in [1.29, 1.82) is 0 Å². The second kappa shape index (κ2) is 12.3. The number of guanidine groups is 1. The molecule has 6 nitrogen and oxygen atoms in total. The normalized spacial score (nSPS) is 19.4. The van der Waals surface area contributed by atoms with Crippen LogP contribution in [0.25, 0.3) is 0 Å². The summed E-state index contributed by atoms with van der Waals surface area (Å²) in [6.07, 6.45) is 5.69. The minimum Gasteiger partial charge on any atom is -0.497 e. The highest BCUT2D eigenvalue weighted by atomic mass is 127. The first kappa shape index (κ1) is 22.9. The molecular weight excluding hydrogens is 463 g/mol. The standard InChI is InChI=1S/C18H28N4O2S.HI/c1-19-18(22-14-6-9-16(10-14)25-3)21-12-17(23)20-11-13-4-7-15(24-2)8-5-13;/h4-5,7-8,14,16H,6,9-12H2,1-3H3,(H,20,23)(H2,19,21,22);1H. The van der Waals surface area contributed by atoms with Gasteiger partial charge in [0.15, 0.2) is 5.96 Å². The minimum atomic E-state index is -0.0628. The van der Waals surface area contributed by atoms with Gasteiger partial charge < -0.3 is 20.7 Å². The van der Waals surface area contributed by atoms with Crippen LogP contribution in [0.5, 0.6) is 5.75 Å². The third-order valence-corrected chi connectivity index (χ3v) is 5.44. The van der Waals surface area contributed by atoms with E-state index in [-0.39, 0.29) is 36.4 Å². The maximum atomic E-state index is 12.0. The van der Waals surface area contributed by atoms with Gasteiger partial charge in [0.05, 0.1) is 13.7 Å². The fourth-order valence-corrected chi connectivity index (χ4v) is 3.64. The van der Waals surface area contributed by atoms with Crippen molar-refractivity contribution in [3.63, 3.8) is 0 Å². The molecule has 0 aliphatic heterocycles. The number of hydrogen-bond donors (Lipinski definition) is 3. The molecule has 0 bridgehead atoms. The summed E-state index contributed by atoms with van der Waals surface area (Å²) in [6.45, 7) is 0.697. The van der Waals surface area contributed by atoms with Crippen LogP contribution in [0.4, 0.5) is 0 Å². The maximum Gasteiger partial charge on any atom is 0.239 e. The van der Waals surface area contributed by atoms with Crippen LogP contribution in [-0.2, 0) is 11.3 Å². The summed E-state index contributed by atoms with van der Waals surface area (Å²) in [7, 11) is 3.36. The summed E-state index contributed by atoms with van der Waals surface area (Å²) < 4.78 is 5.12. The van der Waals surface area contributed by atoms with E-state index in [9.17, 15) is 4.79 Å². The maximum absolute atomic E-state index is 12.0. The van der Waals surface area contributed by atoms with Gasteiger partial charge in [-0.3, -0.25) is 9.79 Å². The SMILES string of the molecule is CN=C(NCC(=O)NCc1ccc(OC)cc1)NC1CCC(SC)C1.I. The second-order valence-corrected chi connectivity index (χ2v) is 7.20. The van der Waals surface area contributed by atoms with E-state index in [4.69, 9.17) is 4.74 Å². The number of hydrogen-bond acceptors (Lipinski definition) is 4. The molecule has 8 heteroatoms. The smallest absolute Gasteiger partial charge is 0.239 e. The summed E-state index contributed by atoms with van der Waals surface area (Å²) >= 11 is 1.92. The molecule has 2 rings (SSSR count). The van der Waals surface area contributed by atoms with Crippen LogP contribution in [0.15, 0.2) is 29.3 Å². The average molecular weight is 492 g/mol. The number of ether oxygens (including phenoxy) is 1. The number of carbonyl (C=O) groups is 1. The highest BCUT2D eigenvalue weighted by molar-refractivity contribution is 14.0. The van der Waals surface area contributed by atoms with Gasteiger partial charge in [-0.15, -0.1) is 24.0 Å². The van der Waals surface area contributed by atoms with Crippen molar-refractivity contribution in [1.82, 2.24) is 16.0 Å². The van der Waals surface area contributed by atoms with Gasteiger partial charge in [0.1, 0.15) is 5.75 Å². The van der Waals surface area contributed by atoms with Crippen molar-refractivity contribution in [2.45, 2.75) is 37.1 Å². The Morgan fingerprint density at radius 2 is 2.00 bits per heavy atom. The van der Waals surface area contributed by atoms with Gasteiger partial charge in [-0.2, -0.15) is 11.8 Å². The summed E-state index contributed by atoms with van der Waals surface area (Å²) in [4.78, 5) is 16.2. The lowest BCUT2D eigenvalue weighted by molar-refractivity contribution is -0.120. The van der Waals surface area contributed by atoms with Gasteiger partial charge in [-0.25, -0.2) is 0 Å². The number of thioether (sulfide) groups is 1. The number of nitrogens with zero attached hydrogens (tertiary/aromatic N) is 1. The van der Waals surface area contributed by atoms with Crippen LogP contribution >= 0.6 is 35.7 Å². The average Bonchev–Trinajstić information content (AvgIpc) is 3.11. The fraction of sp³-hybridized carbons (Fsp3) is 0.556. The van der Waals surface area contributed by atoms with Gasteiger partial charge in [0, 0.05) is 24.9 Å². The van der Waals surface area contributed by atoms with Crippen molar-refractivity contribution in [3.05, 3.63) is 29.8 Å². The molecule has 3 N–H and O–H groups in total. The molecule has 146 valence electrons. The summed E-state index contributed by atoms with van der Waals surface area (Å²) in [6, 6.07) is 8.08. The fourth-order valence-electron chi connectivity index (χ4n) is 2.84. The molecule has 1 aromatic rings. The molecule has 1 amide bonds. The van der Waals surface area contributed by atoms with E-state index in [1.165, 1.54) is 6.42 Å². The van der Waals surface area contributed by atoms with Crippen LogP contribution in [0.1, 0.15) is 24.8 Å². The number of nitrogens with one attached hydrogen (secondary N) is 3. The zero-order chi connectivity index (χ0) is 18.1. The molecule has 2 unspecified atom stereocenters. The molecule has 0 spiro atoms. The Morgan fingerprint density at radius 3 is 2.58 bits per heavy atom. The van der Waals surface area contributed by atoms with E-state index >= 15 is 0 Å². The molecule has 1 fully saturated rings. The molecule has 0 saturated heterocycles. The van der Waals surface area contributed by atoms with Gasteiger partial charge in [0.2, 0.25) is 5.91 Å². The third-order valence-electron chi connectivity index (χ3n) is 4.35. The van der Waals surface area contributed by atoms with Crippen LogP contribution in [0.3, 0.4) is 0 Å². The van der Waals surface area contributed by atoms with Gasteiger partial charge in [-0.05, 0) is 43.2 Å². The first-order valence-electron chi connectivity index (χ1n) is 8.54. The molecule has 1 aromatic carbocycles. The van der Waals surface area contributed by atoms with Crippen molar-refractivity contribution in [2.24, 2.45) is 4.99 Å². The van der Waals surface area contributed by atoms with E-state index in [0.29, 0.717) is 18.5 Å². The zero-order valence-electron chi connectivity index (χ0n) is 15.6. The lowest BCUT2D eigenvalue weighted by Crippen LogP contribution is -2.46. The summed E-state index contributed by atoms with van der Waals surface area (Å²) in [5, 5.41) is 10.1. The monoisotopic (exact) mass is 492 g/mol. The van der Waals surface area contributed by atoms with Crippen LogP contribution in [-0.4, -0.2) is 50.1 Å². The first-order chi connectivity index (χ1) is 12.1. The minimum absolute atomic E-state index is 0. The molecule has 0 aromatic heterocycles. The third kappa shape index (κ3) is 7.61. The molecular formula is C18H29IN4O2S. The van der Waals surface area contributed by atoms with E-state index in [0.717, 1.165) is 29.4 Å². The second-order valence-electron chi connectivity index (χ2n) is 6.06. The quantitative estimate of drug-likeness (QED) is 0.310. The molecule has 1 aliphatic rings. The number of aliphatic imine (C=N–C) groups is 1. The van der Waals surface area contributed by atoms with Crippen molar-refractivity contribution >= 4 is 47.6 Å². The predicted molar refractivity (Wildman–Crippen MR) is 120 cm³/mol. The molecule has 1 saturated carbocycles. The molecule has 0 radical (unpaired) electrons. The lowest BCUT2D eigenvalue weighted by Gasteiger charge is -2.17. The number of rotatable bonds is 7. The number of benzene rings is 1. The summed E-state index contributed by atoms with van der Waals surface area (Å²) in [5.41, 5.74) is 1.03. The topological polar surface area (TPSA) is 74.8 Å². The highest BCUT2D eigenvalue weighted by Crippen LogP contribution is 2.27. The largest absolute Gasteiger partial charge is 0.497 e. The van der Waals surface area contributed by atoms with Crippen LogP contribution in [0.2, 0.25) is 0 Å². The molecule has 2 atom stereocenters. The van der Waals surface area contributed by atoms with E-state index in [1.54, 1.807) is 14.2 Å². The molecule has 1 aliphatic carbocycles. The lowest BCUT2D eigenvalue weighted by atomic mass is 10.2. The number of methoxy groups -OCH3 is 1. The van der Waals surface area contributed by atoms with Gasteiger partial charge in [0.25, 0.3) is 0 Å². The Kier molecular flexibility index (Phi) is 10.8. The van der Waals surface area contributed by atoms with E-state index < -0.39 is 0 Å². The molecule has 26 heavy (non-hydrogen) atoms. The number of halogens is 1. The summed E-state index contributed by atoms with van der Waals surface area (Å²) in [5.74, 6) is 1.43. The van der Waals surface area contributed by atoms with Crippen LogP contribution < -0.4 is 20.7 Å². The van der Waals surface area contributed by atoms with Gasteiger partial charge in [-0.1, -0.05) is 12.1 Å². The number of carbonyl (C=O) groups excluding carboxylic acids is 1. The Morgan fingerprint density at radius 1 is 1.27 bits per heavy atom. The van der Waals surface area contributed by atoms with Crippen molar-refractivity contribution in [3.8, 4) is 5.75 Å². The van der Waals surface area contributed by atoms with Gasteiger partial charge >= 0.3 is 0 Å². The Balaban J connectivity index is 0.00000338. The highest BCUT2D eigenvalue weighted by Gasteiger charge is 2.24. The van der Waals surface area contributed by atoms with E-state index in [1.807, 2.05) is 36.0 Å². The first-order valence-corrected chi connectivity index (χ1v) is 9.83. The Hall–Kier alpha value is -1.16. The Bertz CT molecular complexity index is 583. The zero-order valence-corrected chi connectivity index (χ0v) is 18.7. The number of amides is 1. The van der Waals surface area contributed by atoms with Crippen molar-refractivity contribution < 1.29 is 9.53 Å². The van der Waals surface area contributed by atoms with E-state index in [2.05, 4.69) is 27.2 Å².